The molecule has 0 radical (unpaired) electrons. The minimum absolute atomic E-state index is 0.316. The van der Waals surface area contributed by atoms with Gasteiger partial charge in [0.2, 0.25) is 0 Å². The molecule has 1 aliphatic carbocycles. The topological polar surface area (TPSA) is 59.1 Å². The van der Waals surface area contributed by atoms with Crippen LogP contribution in [0, 0.1) is 0 Å². The number of aliphatic hydroxyl groups excluding tert-OH is 1. The number of nitrogens with zero attached hydrogens (tertiary/aromatic N) is 1. The zero-order chi connectivity index (χ0) is 12.8. The highest BCUT2D eigenvalue weighted by molar-refractivity contribution is 7.99. The Hall–Kier alpha value is -0.740. The summed E-state index contributed by atoms with van der Waals surface area (Å²) in [6, 6.07) is 1.79. The Morgan fingerprint density at radius 2 is 2.17 bits per heavy atom. The Balaban J connectivity index is 1.74. The van der Waals surface area contributed by atoms with Gasteiger partial charge < -0.3 is 10.8 Å². The van der Waals surface area contributed by atoms with E-state index >= 15 is 0 Å². The number of thioether (sulfide) groups is 1. The molecule has 0 aliphatic heterocycles. The van der Waals surface area contributed by atoms with Gasteiger partial charge >= 0.3 is 0 Å². The van der Waals surface area contributed by atoms with Gasteiger partial charge in [-0.15, -0.1) is 0 Å². The van der Waals surface area contributed by atoms with Gasteiger partial charge in [-0.2, -0.15) is 11.8 Å². The number of nitrogen functional groups attached to an aromatic ring is 1. The fourth-order valence-electron chi connectivity index (χ4n) is 2.40. The highest BCUT2D eigenvalue weighted by Crippen LogP contribution is 2.29. The number of pyridine rings is 1. The quantitative estimate of drug-likeness (QED) is 0.860. The smallest absolute Gasteiger partial charge is 0.0672 e. The van der Waals surface area contributed by atoms with Crippen LogP contribution in [0.4, 0.5) is 5.69 Å². The first-order chi connectivity index (χ1) is 8.75. The van der Waals surface area contributed by atoms with E-state index in [-0.39, 0.29) is 6.10 Å². The van der Waals surface area contributed by atoms with Gasteiger partial charge in [0, 0.05) is 35.5 Å². The third-order valence-electron chi connectivity index (χ3n) is 3.47. The van der Waals surface area contributed by atoms with Crippen LogP contribution in [0.5, 0.6) is 0 Å². The van der Waals surface area contributed by atoms with Crippen LogP contribution in [0.1, 0.15) is 37.7 Å². The average molecular weight is 266 g/mol. The van der Waals surface area contributed by atoms with E-state index in [2.05, 4.69) is 4.98 Å². The maximum absolute atomic E-state index is 10.1. The van der Waals surface area contributed by atoms with Crippen molar-refractivity contribution in [1.29, 1.82) is 0 Å². The molecular weight excluding hydrogens is 244 g/mol. The maximum atomic E-state index is 10.1. The SMILES string of the molecule is Nc1ccncc1CC(O)CSC1CCCCC1. The highest BCUT2D eigenvalue weighted by Gasteiger charge is 2.16. The first kappa shape index (κ1) is 13.7. The molecule has 3 nitrogen and oxygen atoms in total. The highest BCUT2D eigenvalue weighted by atomic mass is 32.2. The van der Waals surface area contributed by atoms with Gasteiger partial charge in [0.1, 0.15) is 0 Å². The van der Waals surface area contributed by atoms with Crippen LogP contribution >= 0.6 is 11.8 Å². The molecule has 1 aromatic heterocycles. The molecule has 18 heavy (non-hydrogen) atoms. The summed E-state index contributed by atoms with van der Waals surface area (Å²) in [6.45, 7) is 0. The lowest BCUT2D eigenvalue weighted by Gasteiger charge is -2.22. The largest absolute Gasteiger partial charge is 0.398 e. The van der Waals surface area contributed by atoms with Gasteiger partial charge in [-0.3, -0.25) is 4.98 Å². The lowest BCUT2D eigenvalue weighted by molar-refractivity contribution is 0.200. The van der Waals surface area contributed by atoms with Crippen molar-refractivity contribution in [3.63, 3.8) is 0 Å². The van der Waals surface area contributed by atoms with E-state index < -0.39 is 0 Å². The molecule has 1 aromatic rings. The maximum Gasteiger partial charge on any atom is 0.0672 e. The molecule has 1 saturated carbocycles. The lowest BCUT2D eigenvalue weighted by Crippen LogP contribution is -2.18. The van der Waals surface area contributed by atoms with Gasteiger partial charge in [0.25, 0.3) is 0 Å². The third-order valence-corrected chi connectivity index (χ3v) is 4.99. The fraction of sp³-hybridized carbons (Fsp3) is 0.643. The molecule has 1 heterocycles. The van der Waals surface area contributed by atoms with E-state index in [0.717, 1.165) is 22.3 Å². The molecule has 0 spiro atoms. The van der Waals surface area contributed by atoms with E-state index in [1.807, 2.05) is 11.8 Å². The number of aromatic nitrogens is 1. The summed E-state index contributed by atoms with van der Waals surface area (Å²) in [6.07, 6.45) is 10.4. The summed E-state index contributed by atoms with van der Waals surface area (Å²) in [5.41, 5.74) is 7.53. The van der Waals surface area contributed by atoms with E-state index in [1.165, 1.54) is 32.1 Å². The molecule has 1 aliphatic rings. The number of aliphatic hydroxyl groups is 1. The summed E-state index contributed by atoms with van der Waals surface area (Å²) in [4.78, 5) is 4.05. The second kappa shape index (κ2) is 7.00. The summed E-state index contributed by atoms with van der Waals surface area (Å²) in [5, 5.41) is 10.8. The predicted octanol–water partition coefficient (Wildman–Crippen LogP) is 2.63. The first-order valence-corrected chi connectivity index (χ1v) is 7.78. The summed E-state index contributed by atoms with van der Waals surface area (Å²) in [7, 11) is 0. The van der Waals surface area contributed by atoms with Crippen LogP contribution in [0.2, 0.25) is 0 Å². The molecule has 1 unspecified atom stereocenters. The number of nitrogens with two attached hydrogens (primary N) is 1. The fourth-order valence-corrected chi connectivity index (χ4v) is 3.68. The van der Waals surface area contributed by atoms with Gasteiger partial charge in [-0.25, -0.2) is 0 Å². The van der Waals surface area contributed by atoms with Crippen LogP contribution in [-0.4, -0.2) is 27.2 Å². The molecule has 0 amide bonds. The number of rotatable bonds is 5. The van der Waals surface area contributed by atoms with Crippen molar-refractivity contribution in [1.82, 2.24) is 4.98 Å². The second-order valence-electron chi connectivity index (χ2n) is 5.03. The molecular formula is C14H22N2OS. The summed E-state index contributed by atoms with van der Waals surface area (Å²) in [5.74, 6) is 0.805. The Morgan fingerprint density at radius 3 is 2.89 bits per heavy atom. The van der Waals surface area contributed by atoms with Gasteiger partial charge in [-0.1, -0.05) is 19.3 Å². The van der Waals surface area contributed by atoms with E-state index in [4.69, 9.17) is 5.73 Å². The Kier molecular flexibility index (Phi) is 5.32. The molecule has 0 saturated heterocycles. The number of anilines is 1. The molecule has 2 rings (SSSR count). The normalized spacial score (nSPS) is 18.7. The van der Waals surface area contributed by atoms with Crippen LogP contribution in [-0.2, 0) is 6.42 Å². The molecule has 3 N–H and O–H groups in total. The van der Waals surface area contributed by atoms with Crippen LogP contribution in [0.15, 0.2) is 18.5 Å². The Bertz CT molecular complexity index is 367. The van der Waals surface area contributed by atoms with Crippen molar-refractivity contribution in [3.05, 3.63) is 24.0 Å². The predicted molar refractivity (Wildman–Crippen MR) is 77.7 cm³/mol. The van der Waals surface area contributed by atoms with E-state index in [9.17, 15) is 5.11 Å². The molecule has 0 aromatic carbocycles. The Labute approximate surface area is 113 Å². The van der Waals surface area contributed by atoms with Crippen molar-refractivity contribution < 1.29 is 5.11 Å². The molecule has 1 atom stereocenters. The Morgan fingerprint density at radius 1 is 1.39 bits per heavy atom. The minimum atomic E-state index is -0.316. The lowest BCUT2D eigenvalue weighted by atomic mass is 10.0. The summed E-state index contributed by atoms with van der Waals surface area (Å²) < 4.78 is 0. The zero-order valence-corrected chi connectivity index (χ0v) is 11.5. The molecule has 1 fully saturated rings. The van der Waals surface area contributed by atoms with Crippen molar-refractivity contribution in [2.24, 2.45) is 0 Å². The van der Waals surface area contributed by atoms with E-state index in [1.54, 1.807) is 18.5 Å². The molecule has 100 valence electrons. The van der Waals surface area contributed by atoms with Crippen molar-refractivity contribution in [2.75, 3.05) is 11.5 Å². The van der Waals surface area contributed by atoms with Crippen molar-refractivity contribution in [3.8, 4) is 0 Å². The van der Waals surface area contributed by atoms with Crippen LogP contribution in [0.3, 0.4) is 0 Å². The van der Waals surface area contributed by atoms with Crippen molar-refractivity contribution >= 4 is 17.4 Å². The van der Waals surface area contributed by atoms with Gasteiger partial charge in [-0.05, 0) is 24.5 Å². The average Bonchev–Trinajstić information content (AvgIpc) is 2.40. The number of hydrogen-bond donors (Lipinski definition) is 2. The monoisotopic (exact) mass is 266 g/mol. The third kappa shape index (κ3) is 4.18. The summed E-state index contributed by atoms with van der Waals surface area (Å²) >= 11 is 1.92. The first-order valence-electron chi connectivity index (χ1n) is 6.73. The molecule has 4 heteroatoms. The van der Waals surface area contributed by atoms with Crippen LogP contribution < -0.4 is 5.73 Å². The van der Waals surface area contributed by atoms with E-state index in [0.29, 0.717) is 6.42 Å². The second-order valence-corrected chi connectivity index (χ2v) is 6.36. The standard InChI is InChI=1S/C14H22N2OS/c15-14-6-7-16-9-11(14)8-12(17)10-18-13-4-2-1-3-5-13/h6-7,9,12-13,17H,1-5,8,10H2,(H2,15,16). The minimum Gasteiger partial charge on any atom is -0.398 e. The molecule has 0 bridgehead atoms. The number of hydrogen-bond acceptors (Lipinski definition) is 4. The van der Waals surface area contributed by atoms with Crippen LogP contribution in [0.25, 0.3) is 0 Å². The van der Waals surface area contributed by atoms with Gasteiger partial charge in [0.15, 0.2) is 0 Å². The van der Waals surface area contributed by atoms with Gasteiger partial charge in [0.05, 0.1) is 6.10 Å². The van der Waals surface area contributed by atoms with Crippen molar-refractivity contribution in [2.45, 2.75) is 49.9 Å². The zero-order valence-electron chi connectivity index (χ0n) is 10.7.